The van der Waals surface area contributed by atoms with Gasteiger partial charge in [-0.3, -0.25) is 14.3 Å². The Morgan fingerprint density at radius 2 is 2.09 bits per heavy atom. The third-order valence-electron chi connectivity index (χ3n) is 6.93. The second kappa shape index (κ2) is 10.4. The fraction of sp³-hybridized carbons (Fsp3) is 0.577. The molecular formula is C26H37N5O4. The lowest BCUT2D eigenvalue weighted by Crippen LogP contribution is -2.50. The molecular weight excluding hydrogens is 446 g/mol. The molecule has 3 atom stereocenters. The second-order valence-corrected chi connectivity index (χ2v) is 10.2. The average Bonchev–Trinajstić information content (AvgIpc) is 3.56. The van der Waals surface area contributed by atoms with E-state index in [0.717, 1.165) is 18.2 Å². The van der Waals surface area contributed by atoms with Crippen LogP contribution in [-0.2, 0) is 7.05 Å². The van der Waals surface area contributed by atoms with E-state index in [1.165, 1.54) is 17.5 Å². The number of carbonyl (C=O) groups excluding carboxylic acids is 2. The van der Waals surface area contributed by atoms with Crippen LogP contribution in [0.2, 0.25) is 0 Å². The van der Waals surface area contributed by atoms with Gasteiger partial charge in [0.2, 0.25) is 0 Å². The minimum atomic E-state index is -0.337. The summed E-state index contributed by atoms with van der Waals surface area (Å²) in [6.07, 6.45) is 2.35. The number of fused-ring (bicyclic) bond motifs is 1. The third-order valence-corrected chi connectivity index (χ3v) is 6.93. The molecule has 1 saturated carbocycles. The highest BCUT2D eigenvalue weighted by molar-refractivity contribution is 6.06. The zero-order valence-corrected chi connectivity index (χ0v) is 21.3. The molecule has 0 bridgehead atoms. The zero-order chi connectivity index (χ0) is 25.3. The minimum absolute atomic E-state index is 0.0197. The standard InChI is InChI=1S/C26H37N5O4/c1-16-12-31(18(3)15-32)26(34)20-7-6-8-21(27-25(33)22-11-17(2)28-30(22)5)24(20)35-23(16)14-29(4)13-19-9-10-19/h6-8,11,16,18-19,23,32H,9-10,12-15H2,1-5H3,(H,27,33)/t16-,18+,23+/m1/s1. The zero-order valence-electron chi connectivity index (χ0n) is 21.3. The lowest BCUT2D eigenvalue weighted by molar-refractivity contribution is 0.0345. The molecule has 9 nitrogen and oxygen atoms in total. The third kappa shape index (κ3) is 5.67. The number of aromatic nitrogens is 2. The molecule has 0 unspecified atom stereocenters. The number of anilines is 1. The number of amides is 2. The molecule has 35 heavy (non-hydrogen) atoms. The van der Waals surface area contributed by atoms with Gasteiger partial charge in [-0.25, -0.2) is 0 Å². The molecule has 0 radical (unpaired) electrons. The molecule has 4 rings (SSSR count). The molecule has 2 N–H and O–H groups in total. The summed E-state index contributed by atoms with van der Waals surface area (Å²) in [5.41, 5.74) is 1.99. The predicted octanol–water partition coefficient (Wildman–Crippen LogP) is 2.54. The molecule has 190 valence electrons. The van der Waals surface area contributed by atoms with Crippen LogP contribution >= 0.6 is 0 Å². The van der Waals surface area contributed by atoms with Crippen molar-refractivity contribution in [1.29, 1.82) is 0 Å². The number of nitrogens with zero attached hydrogens (tertiary/aromatic N) is 4. The molecule has 2 aliphatic rings. The molecule has 0 spiro atoms. The fourth-order valence-electron chi connectivity index (χ4n) is 4.69. The number of benzene rings is 1. The number of likely N-dealkylation sites (N-methyl/N-ethyl adjacent to an activating group) is 1. The van der Waals surface area contributed by atoms with Crippen LogP contribution in [-0.4, -0.2) is 81.9 Å². The highest BCUT2D eigenvalue weighted by Gasteiger charge is 2.35. The van der Waals surface area contributed by atoms with Gasteiger partial charge in [0.1, 0.15) is 11.8 Å². The molecule has 2 heterocycles. The Labute approximate surface area is 207 Å². The van der Waals surface area contributed by atoms with Gasteiger partial charge in [0.25, 0.3) is 11.8 Å². The van der Waals surface area contributed by atoms with Crippen LogP contribution in [0.15, 0.2) is 24.3 Å². The van der Waals surface area contributed by atoms with Crippen molar-refractivity contribution in [3.8, 4) is 5.75 Å². The van der Waals surface area contributed by atoms with Gasteiger partial charge in [-0.1, -0.05) is 13.0 Å². The van der Waals surface area contributed by atoms with Gasteiger partial charge in [-0.2, -0.15) is 5.10 Å². The molecule has 1 aliphatic carbocycles. The first-order chi connectivity index (χ1) is 16.7. The Balaban J connectivity index is 1.69. The van der Waals surface area contributed by atoms with Gasteiger partial charge in [0, 0.05) is 32.6 Å². The van der Waals surface area contributed by atoms with Crippen molar-refractivity contribution in [2.75, 3.05) is 38.6 Å². The summed E-state index contributed by atoms with van der Waals surface area (Å²) < 4.78 is 8.10. The number of aliphatic hydroxyl groups excluding tert-OH is 1. The van der Waals surface area contributed by atoms with E-state index in [1.54, 1.807) is 36.2 Å². The number of nitrogens with one attached hydrogen (secondary N) is 1. The van der Waals surface area contributed by atoms with E-state index in [1.807, 2.05) is 13.8 Å². The lowest BCUT2D eigenvalue weighted by Gasteiger charge is -2.38. The summed E-state index contributed by atoms with van der Waals surface area (Å²) in [6.45, 7) is 7.83. The highest BCUT2D eigenvalue weighted by atomic mass is 16.5. The first-order valence-corrected chi connectivity index (χ1v) is 12.4. The quantitative estimate of drug-likeness (QED) is 0.599. The van der Waals surface area contributed by atoms with Gasteiger partial charge in [-0.15, -0.1) is 0 Å². The first kappa shape index (κ1) is 25.2. The number of rotatable bonds is 8. The predicted molar refractivity (Wildman–Crippen MR) is 134 cm³/mol. The van der Waals surface area contributed by atoms with Gasteiger partial charge < -0.3 is 25.0 Å². The number of para-hydroxylation sites is 1. The summed E-state index contributed by atoms with van der Waals surface area (Å²) in [5, 5.41) is 17.0. The average molecular weight is 484 g/mol. The number of ether oxygens (including phenoxy) is 1. The summed E-state index contributed by atoms with van der Waals surface area (Å²) in [4.78, 5) is 30.7. The maximum atomic E-state index is 13.6. The summed E-state index contributed by atoms with van der Waals surface area (Å²) in [5.74, 6) is 0.602. The normalized spacial score (nSPS) is 21.2. The molecule has 1 fully saturated rings. The Morgan fingerprint density at radius 1 is 1.34 bits per heavy atom. The Kier molecular flexibility index (Phi) is 7.47. The molecule has 1 aromatic heterocycles. The van der Waals surface area contributed by atoms with Crippen molar-refractivity contribution < 1.29 is 19.4 Å². The Hall–Kier alpha value is -2.91. The Bertz CT molecular complexity index is 1080. The molecule has 1 aliphatic heterocycles. The number of aliphatic hydroxyl groups is 1. The summed E-state index contributed by atoms with van der Waals surface area (Å²) in [7, 11) is 3.82. The monoisotopic (exact) mass is 483 g/mol. The fourth-order valence-corrected chi connectivity index (χ4v) is 4.69. The van der Waals surface area contributed by atoms with Crippen LogP contribution in [0.3, 0.4) is 0 Å². The van der Waals surface area contributed by atoms with E-state index >= 15 is 0 Å². The van der Waals surface area contributed by atoms with Crippen molar-refractivity contribution in [3.05, 3.63) is 41.2 Å². The van der Waals surface area contributed by atoms with Crippen LogP contribution in [0.1, 0.15) is 53.2 Å². The van der Waals surface area contributed by atoms with Crippen molar-refractivity contribution >= 4 is 17.5 Å². The molecule has 9 heteroatoms. The van der Waals surface area contributed by atoms with Gasteiger partial charge in [0.05, 0.1) is 29.6 Å². The Morgan fingerprint density at radius 3 is 2.71 bits per heavy atom. The molecule has 1 aromatic carbocycles. The van der Waals surface area contributed by atoms with E-state index in [0.29, 0.717) is 35.8 Å². The lowest BCUT2D eigenvalue weighted by atomic mass is 9.99. The molecule has 2 amide bonds. The van der Waals surface area contributed by atoms with Crippen LogP contribution in [0.4, 0.5) is 5.69 Å². The highest BCUT2D eigenvalue weighted by Crippen LogP contribution is 2.36. The largest absolute Gasteiger partial charge is 0.486 e. The smallest absolute Gasteiger partial charge is 0.274 e. The van der Waals surface area contributed by atoms with E-state index in [4.69, 9.17) is 4.74 Å². The van der Waals surface area contributed by atoms with Crippen LogP contribution in [0, 0.1) is 18.8 Å². The maximum absolute atomic E-state index is 13.6. The van der Waals surface area contributed by atoms with Crippen molar-refractivity contribution in [1.82, 2.24) is 19.6 Å². The van der Waals surface area contributed by atoms with Crippen LogP contribution in [0.5, 0.6) is 5.75 Å². The number of carbonyl (C=O) groups is 2. The van der Waals surface area contributed by atoms with E-state index in [9.17, 15) is 14.7 Å². The molecule has 0 saturated heterocycles. The van der Waals surface area contributed by atoms with E-state index < -0.39 is 0 Å². The maximum Gasteiger partial charge on any atom is 0.274 e. The van der Waals surface area contributed by atoms with Gasteiger partial charge in [-0.05, 0) is 57.9 Å². The number of hydrogen-bond donors (Lipinski definition) is 2. The summed E-state index contributed by atoms with van der Waals surface area (Å²) in [6, 6.07) is 6.60. The van der Waals surface area contributed by atoms with Crippen LogP contribution < -0.4 is 10.1 Å². The van der Waals surface area contributed by atoms with Gasteiger partial charge >= 0.3 is 0 Å². The SMILES string of the molecule is Cc1cc(C(=O)Nc2cccc3c2O[C@@H](CN(C)CC2CC2)[C@H](C)CN([C@@H](C)CO)C3=O)n(C)n1. The van der Waals surface area contributed by atoms with E-state index in [-0.39, 0.29) is 36.5 Å². The van der Waals surface area contributed by atoms with Crippen LogP contribution in [0.25, 0.3) is 0 Å². The van der Waals surface area contributed by atoms with Crippen molar-refractivity contribution in [2.45, 2.75) is 45.8 Å². The topological polar surface area (TPSA) is 99.9 Å². The number of aryl methyl sites for hydroxylation is 2. The van der Waals surface area contributed by atoms with Crippen molar-refractivity contribution in [2.24, 2.45) is 18.9 Å². The minimum Gasteiger partial charge on any atom is -0.486 e. The number of hydrogen-bond acceptors (Lipinski definition) is 6. The van der Waals surface area contributed by atoms with E-state index in [2.05, 4.69) is 29.3 Å². The van der Waals surface area contributed by atoms with Crippen molar-refractivity contribution in [3.63, 3.8) is 0 Å². The first-order valence-electron chi connectivity index (χ1n) is 12.4. The molecule has 2 aromatic rings. The summed E-state index contributed by atoms with van der Waals surface area (Å²) >= 11 is 0. The second-order valence-electron chi connectivity index (χ2n) is 10.2. The van der Waals surface area contributed by atoms with Gasteiger partial charge in [0.15, 0.2) is 5.75 Å².